The standard InChI is InChI=1S/C5H14NO.C2H4ClNO.ClH/c1-6(2,3)4-5-7;3-1-2(4)5;/h7H,4-5H2,1-3H3;1H2,(H2,4,5);1H/q+1;;/p-1. The second-order valence-corrected chi connectivity index (χ2v) is 3.60. The third-order valence-corrected chi connectivity index (χ3v) is 1.17. The van der Waals surface area contributed by atoms with Gasteiger partial charge in [-0.2, -0.15) is 0 Å². The number of likely N-dealkylation sites (N-methyl/N-ethyl adjacent to an activating group) is 1. The van der Waals surface area contributed by atoms with E-state index in [1.807, 2.05) is 0 Å². The van der Waals surface area contributed by atoms with Gasteiger partial charge in [-0.3, -0.25) is 4.79 Å². The lowest BCUT2D eigenvalue weighted by molar-refractivity contribution is -0.870. The number of aliphatic hydroxyl groups excluding tert-OH is 1. The van der Waals surface area contributed by atoms with Crippen molar-refractivity contribution in [2.24, 2.45) is 5.73 Å². The van der Waals surface area contributed by atoms with E-state index in [0.717, 1.165) is 11.0 Å². The van der Waals surface area contributed by atoms with E-state index in [1.54, 1.807) is 0 Å². The van der Waals surface area contributed by atoms with Crippen molar-refractivity contribution in [2.45, 2.75) is 0 Å². The van der Waals surface area contributed by atoms with E-state index in [4.69, 9.17) is 16.7 Å². The third-order valence-electron chi connectivity index (χ3n) is 0.903. The predicted molar refractivity (Wildman–Crippen MR) is 49.9 cm³/mol. The minimum atomic E-state index is -0.480. The Morgan fingerprint density at radius 1 is 1.46 bits per heavy atom. The number of alkyl halides is 1. The first-order valence-corrected chi connectivity index (χ1v) is 4.12. The molecule has 3 N–H and O–H groups in total. The summed E-state index contributed by atoms with van der Waals surface area (Å²) in [4.78, 5) is 9.46. The van der Waals surface area contributed by atoms with Crippen molar-refractivity contribution in [1.29, 1.82) is 0 Å². The van der Waals surface area contributed by atoms with E-state index in [9.17, 15) is 4.79 Å². The smallest absolute Gasteiger partial charge is 0.232 e. The molecule has 13 heavy (non-hydrogen) atoms. The number of hydrogen-bond acceptors (Lipinski definition) is 2. The van der Waals surface area contributed by atoms with Crippen LogP contribution in [0.1, 0.15) is 0 Å². The first kappa shape index (κ1) is 18.7. The molecular weight excluding hydrogens is 215 g/mol. The number of rotatable bonds is 3. The highest BCUT2D eigenvalue weighted by atomic mass is 35.5. The Morgan fingerprint density at radius 3 is 1.77 bits per heavy atom. The van der Waals surface area contributed by atoms with Crippen LogP contribution in [-0.4, -0.2) is 55.7 Å². The average molecular weight is 233 g/mol. The molecule has 0 aliphatic heterocycles. The highest BCUT2D eigenvalue weighted by Crippen LogP contribution is 1.84. The van der Waals surface area contributed by atoms with E-state index in [-0.39, 0.29) is 24.9 Å². The Kier molecular flexibility index (Phi) is 14.5. The number of halogens is 2. The summed E-state index contributed by atoms with van der Waals surface area (Å²) in [5.74, 6) is -0.563. The quantitative estimate of drug-likeness (QED) is 0.391. The van der Waals surface area contributed by atoms with E-state index < -0.39 is 5.91 Å². The lowest BCUT2D eigenvalue weighted by Crippen LogP contribution is -3.00. The zero-order chi connectivity index (χ0) is 10.2. The number of nitrogens with zero attached hydrogens (tertiary/aromatic N) is 1. The Bertz CT molecular complexity index is 126. The second-order valence-electron chi connectivity index (χ2n) is 3.34. The molecule has 0 aromatic carbocycles. The SMILES string of the molecule is C[N+](C)(C)CCO.NC(=O)CCl.[Cl-]. The Morgan fingerprint density at radius 2 is 1.77 bits per heavy atom. The van der Waals surface area contributed by atoms with Crippen LogP contribution in [0.25, 0.3) is 0 Å². The molecule has 0 aromatic heterocycles. The van der Waals surface area contributed by atoms with Crippen molar-refractivity contribution in [2.75, 3.05) is 40.2 Å². The zero-order valence-electron chi connectivity index (χ0n) is 8.26. The van der Waals surface area contributed by atoms with Gasteiger partial charge in [0.15, 0.2) is 0 Å². The van der Waals surface area contributed by atoms with Crippen LogP contribution in [-0.2, 0) is 4.79 Å². The highest BCUT2D eigenvalue weighted by molar-refractivity contribution is 6.27. The Hall–Kier alpha value is -0.0300. The molecule has 0 aliphatic carbocycles. The molecule has 0 unspecified atom stereocenters. The molecule has 82 valence electrons. The lowest BCUT2D eigenvalue weighted by atomic mass is 10.5. The maximum absolute atomic E-state index is 9.46. The van der Waals surface area contributed by atoms with E-state index in [0.29, 0.717) is 0 Å². The van der Waals surface area contributed by atoms with Gasteiger partial charge >= 0.3 is 0 Å². The number of quaternary nitrogens is 1. The van der Waals surface area contributed by atoms with Gasteiger partial charge in [0.2, 0.25) is 5.91 Å². The molecule has 0 radical (unpaired) electrons. The summed E-state index contributed by atoms with van der Waals surface area (Å²) in [6, 6.07) is 0. The molecule has 0 aliphatic rings. The molecular formula is C7H18Cl2N2O2. The van der Waals surface area contributed by atoms with Crippen LogP contribution < -0.4 is 18.1 Å². The monoisotopic (exact) mass is 232 g/mol. The average Bonchev–Trinajstić information content (AvgIpc) is 1.86. The van der Waals surface area contributed by atoms with Crippen LogP contribution in [0.4, 0.5) is 0 Å². The molecule has 1 amide bonds. The van der Waals surface area contributed by atoms with Crippen LogP contribution in [0.2, 0.25) is 0 Å². The number of amides is 1. The van der Waals surface area contributed by atoms with Gasteiger partial charge in [-0.05, 0) is 0 Å². The van der Waals surface area contributed by atoms with Gasteiger partial charge in [0.1, 0.15) is 12.4 Å². The molecule has 0 saturated carbocycles. The van der Waals surface area contributed by atoms with E-state index in [1.165, 1.54) is 0 Å². The molecule has 6 heteroatoms. The molecule has 0 aromatic rings. The van der Waals surface area contributed by atoms with Crippen molar-refractivity contribution in [3.05, 3.63) is 0 Å². The van der Waals surface area contributed by atoms with Gasteiger partial charge < -0.3 is 27.7 Å². The summed E-state index contributed by atoms with van der Waals surface area (Å²) in [6.07, 6.45) is 0. The molecule has 0 heterocycles. The fourth-order valence-electron chi connectivity index (χ4n) is 0.300. The van der Waals surface area contributed by atoms with Crippen molar-refractivity contribution in [3.63, 3.8) is 0 Å². The van der Waals surface area contributed by atoms with Crippen molar-refractivity contribution in [3.8, 4) is 0 Å². The first-order chi connectivity index (χ1) is 5.33. The number of carbonyl (C=O) groups excluding carboxylic acids is 1. The Labute approximate surface area is 90.7 Å². The molecule has 4 nitrogen and oxygen atoms in total. The minimum absolute atomic E-state index is 0. The molecule has 0 rings (SSSR count). The topological polar surface area (TPSA) is 63.3 Å². The third kappa shape index (κ3) is 33.4. The molecule has 0 atom stereocenters. The zero-order valence-corrected chi connectivity index (χ0v) is 9.77. The summed E-state index contributed by atoms with van der Waals surface area (Å²) in [5, 5.41) is 8.39. The van der Waals surface area contributed by atoms with Gasteiger partial charge in [-0.1, -0.05) is 0 Å². The minimum Gasteiger partial charge on any atom is -1.00 e. The summed E-state index contributed by atoms with van der Waals surface area (Å²) < 4.78 is 0.844. The van der Waals surface area contributed by atoms with E-state index in [2.05, 4.69) is 26.9 Å². The number of primary amides is 1. The van der Waals surface area contributed by atoms with Crippen LogP contribution >= 0.6 is 11.6 Å². The van der Waals surface area contributed by atoms with Gasteiger partial charge in [0.25, 0.3) is 0 Å². The number of hydrogen-bond donors (Lipinski definition) is 2. The van der Waals surface area contributed by atoms with Gasteiger partial charge in [0.05, 0.1) is 27.7 Å². The summed E-state index contributed by atoms with van der Waals surface area (Å²) in [5.41, 5.74) is 4.52. The normalized spacial score (nSPS) is 9.31. The summed E-state index contributed by atoms with van der Waals surface area (Å²) >= 11 is 4.86. The van der Waals surface area contributed by atoms with E-state index >= 15 is 0 Å². The second kappa shape index (κ2) is 10.1. The Balaban J connectivity index is -0.000000150. The van der Waals surface area contributed by atoms with Crippen molar-refractivity contribution < 1.29 is 26.8 Å². The van der Waals surface area contributed by atoms with Crippen LogP contribution in [0.5, 0.6) is 0 Å². The maximum Gasteiger partial charge on any atom is 0.232 e. The van der Waals surface area contributed by atoms with Crippen LogP contribution in [0.3, 0.4) is 0 Å². The van der Waals surface area contributed by atoms with Gasteiger partial charge in [0, 0.05) is 0 Å². The largest absolute Gasteiger partial charge is 1.00 e. The van der Waals surface area contributed by atoms with Crippen LogP contribution in [0.15, 0.2) is 0 Å². The highest BCUT2D eigenvalue weighted by Gasteiger charge is 2.02. The summed E-state index contributed by atoms with van der Waals surface area (Å²) in [7, 11) is 6.16. The molecule has 0 spiro atoms. The molecule has 0 saturated heterocycles. The van der Waals surface area contributed by atoms with Gasteiger partial charge in [-0.25, -0.2) is 0 Å². The van der Waals surface area contributed by atoms with Crippen molar-refractivity contribution >= 4 is 17.5 Å². The lowest BCUT2D eigenvalue weighted by Gasteiger charge is -2.21. The number of nitrogens with two attached hydrogens (primary N) is 1. The first-order valence-electron chi connectivity index (χ1n) is 3.59. The number of carbonyl (C=O) groups is 1. The fraction of sp³-hybridized carbons (Fsp3) is 0.857. The van der Waals surface area contributed by atoms with Crippen molar-refractivity contribution in [1.82, 2.24) is 0 Å². The number of aliphatic hydroxyl groups is 1. The molecule has 0 bridgehead atoms. The van der Waals surface area contributed by atoms with Crippen LogP contribution in [0, 0.1) is 0 Å². The van der Waals surface area contributed by atoms with Gasteiger partial charge in [-0.15, -0.1) is 11.6 Å². The maximum atomic E-state index is 9.46. The molecule has 0 fully saturated rings. The fourth-order valence-corrected chi connectivity index (χ4v) is 0.300. The predicted octanol–water partition coefficient (Wildman–Crippen LogP) is -3.60. The summed E-state index contributed by atoms with van der Waals surface area (Å²) in [6.45, 7) is 1.11.